The number of ether oxygens (including phenoxy) is 1. The van der Waals surface area contributed by atoms with E-state index in [1.54, 1.807) is 0 Å². The van der Waals surface area contributed by atoms with Crippen LogP contribution in [0.25, 0.3) is 0 Å². The Bertz CT molecular complexity index is 279. The van der Waals surface area contributed by atoms with Crippen LogP contribution in [-0.4, -0.2) is 53.5 Å². The Kier molecular flexibility index (Phi) is 1.79. The Morgan fingerprint density at radius 3 is 2.40 bits per heavy atom. The second-order valence-electron chi connectivity index (χ2n) is 5.06. The van der Waals surface area contributed by atoms with Crippen molar-refractivity contribution in [2.24, 2.45) is 0 Å². The number of carboxylic acid groups (broad SMARTS) is 1. The van der Waals surface area contributed by atoms with Gasteiger partial charge in [-0.05, 0) is 19.3 Å². The van der Waals surface area contributed by atoms with E-state index in [0.717, 1.165) is 45.6 Å². The van der Waals surface area contributed by atoms with E-state index in [1.165, 1.54) is 0 Å². The van der Waals surface area contributed by atoms with E-state index in [0.29, 0.717) is 5.54 Å². The van der Waals surface area contributed by atoms with Crippen LogP contribution in [0, 0.1) is 0 Å². The average Bonchev–Trinajstić information content (AvgIpc) is 2.10. The summed E-state index contributed by atoms with van der Waals surface area (Å²) in [5.74, 6) is 0. The summed E-state index contributed by atoms with van der Waals surface area (Å²) in [6.07, 6.45) is 2.09. The fourth-order valence-corrected chi connectivity index (χ4v) is 3.47. The number of nitrogens with one attached hydrogen (secondary N) is 1. The molecule has 0 aromatic carbocycles. The van der Waals surface area contributed by atoms with Crippen LogP contribution in [-0.2, 0) is 4.74 Å². The van der Waals surface area contributed by atoms with Gasteiger partial charge in [-0.15, -0.1) is 0 Å². The molecule has 5 nitrogen and oxygen atoms in total. The maximum Gasteiger partial charge on any atom is 0.405 e. The Morgan fingerprint density at radius 2 is 1.87 bits per heavy atom. The molecule has 15 heavy (non-hydrogen) atoms. The summed E-state index contributed by atoms with van der Waals surface area (Å²) in [4.78, 5) is 13.0. The van der Waals surface area contributed by atoms with Gasteiger partial charge in [0.25, 0.3) is 0 Å². The summed E-state index contributed by atoms with van der Waals surface area (Å²) < 4.78 is 5.32. The van der Waals surface area contributed by atoms with E-state index < -0.39 is 6.09 Å². The summed E-state index contributed by atoms with van der Waals surface area (Å²) in [7, 11) is 0. The standard InChI is InChI=1S/C10H16N2O3/c13-8(14)11-9-5-10(6-9,7-9)12-1-3-15-4-2-12/h11H,1-7H2,(H,13,14). The van der Waals surface area contributed by atoms with Crippen molar-refractivity contribution in [1.29, 1.82) is 0 Å². The highest BCUT2D eigenvalue weighted by Gasteiger charge is 2.70. The molecule has 0 unspecified atom stereocenters. The Hall–Kier alpha value is -0.810. The van der Waals surface area contributed by atoms with Gasteiger partial charge >= 0.3 is 6.09 Å². The van der Waals surface area contributed by atoms with E-state index in [-0.39, 0.29) is 5.54 Å². The van der Waals surface area contributed by atoms with Crippen LogP contribution in [0.15, 0.2) is 0 Å². The molecule has 1 saturated heterocycles. The lowest BCUT2D eigenvalue weighted by molar-refractivity contribution is -0.192. The van der Waals surface area contributed by atoms with Crippen molar-refractivity contribution < 1.29 is 14.6 Å². The molecule has 0 radical (unpaired) electrons. The fraction of sp³-hybridized carbons (Fsp3) is 0.900. The molecule has 4 fully saturated rings. The molecule has 4 rings (SSSR count). The first kappa shape index (κ1) is 9.42. The van der Waals surface area contributed by atoms with E-state index >= 15 is 0 Å². The van der Waals surface area contributed by atoms with E-state index in [4.69, 9.17) is 9.84 Å². The summed E-state index contributed by atoms with van der Waals surface area (Å²) in [5, 5.41) is 11.3. The lowest BCUT2D eigenvalue weighted by Crippen LogP contribution is -2.84. The van der Waals surface area contributed by atoms with Crippen molar-refractivity contribution in [1.82, 2.24) is 10.2 Å². The first-order valence-corrected chi connectivity index (χ1v) is 5.48. The first-order chi connectivity index (χ1) is 7.14. The number of carbonyl (C=O) groups is 1. The molecule has 2 bridgehead atoms. The summed E-state index contributed by atoms with van der Waals surface area (Å²) >= 11 is 0. The van der Waals surface area contributed by atoms with Gasteiger partial charge in [-0.2, -0.15) is 0 Å². The van der Waals surface area contributed by atoms with Crippen LogP contribution in [0.3, 0.4) is 0 Å². The lowest BCUT2D eigenvalue weighted by atomic mass is 9.43. The third-order valence-corrected chi connectivity index (χ3v) is 4.06. The van der Waals surface area contributed by atoms with Crippen LogP contribution >= 0.6 is 0 Å². The number of hydrogen-bond donors (Lipinski definition) is 2. The van der Waals surface area contributed by atoms with E-state index in [2.05, 4.69) is 10.2 Å². The molecule has 4 aliphatic rings. The normalized spacial score (nSPS) is 44.0. The second-order valence-corrected chi connectivity index (χ2v) is 5.06. The third kappa shape index (κ3) is 1.26. The van der Waals surface area contributed by atoms with Crippen molar-refractivity contribution in [3.05, 3.63) is 0 Å². The highest BCUT2D eigenvalue weighted by Crippen LogP contribution is 2.63. The molecule has 0 aromatic rings. The van der Waals surface area contributed by atoms with Crippen LogP contribution in [0.5, 0.6) is 0 Å². The number of morpholine rings is 1. The molecular formula is C10H16N2O3. The number of nitrogens with zero attached hydrogens (tertiary/aromatic N) is 1. The predicted octanol–water partition coefficient (Wildman–Crippen LogP) is 0.261. The third-order valence-electron chi connectivity index (χ3n) is 4.06. The molecule has 3 saturated carbocycles. The zero-order valence-electron chi connectivity index (χ0n) is 8.66. The molecular weight excluding hydrogens is 196 g/mol. The van der Waals surface area contributed by atoms with Crippen molar-refractivity contribution in [2.45, 2.75) is 30.3 Å². The first-order valence-electron chi connectivity index (χ1n) is 5.48. The van der Waals surface area contributed by atoms with Crippen molar-refractivity contribution >= 4 is 6.09 Å². The topological polar surface area (TPSA) is 61.8 Å². The van der Waals surface area contributed by atoms with Gasteiger partial charge in [-0.1, -0.05) is 0 Å². The molecule has 1 amide bonds. The molecule has 0 spiro atoms. The molecule has 1 aliphatic heterocycles. The van der Waals surface area contributed by atoms with Gasteiger partial charge in [0.15, 0.2) is 0 Å². The second kappa shape index (κ2) is 2.86. The predicted molar refractivity (Wildman–Crippen MR) is 52.9 cm³/mol. The van der Waals surface area contributed by atoms with Crippen molar-refractivity contribution in [3.8, 4) is 0 Å². The van der Waals surface area contributed by atoms with Crippen LogP contribution in [0.2, 0.25) is 0 Å². The number of rotatable bonds is 2. The quantitative estimate of drug-likeness (QED) is 0.689. The summed E-state index contributed by atoms with van der Waals surface area (Å²) in [6, 6.07) is 0. The largest absolute Gasteiger partial charge is 0.465 e. The van der Waals surface area contributed by atoms with Gasteiger partial charge < -0.3 is 15.2 Å². The highest BCUT2D eigenvalue weighted by molar-refractivity contribution is 5.67. The molecule has 2 N–H and O–H groups in total. The zero-order valence-corrected chi connectivity index (χ0v) is 8.66. The van der Waals surface area contributed by atoms with Gasteiger partial charge in [0.1, 0.15) is 0 Å². The highest BCUT2D eigenvalue weighted by atomic mass is 16.5. The van der Waals surface area contributed by atoms with Crippen LogP contribution < -0.4 is 5.32 Å². The summed E-state index contributed by atoms with van der Waals surface area (Å²) in [5.41, 5.74) is 0.233. The van der Waals surface area contributed by atoms with Gasteiger partial charge in [0.05, 0.1) is 13.2 Å². The minimum Gasteiger partial charge on any atom is -0.465 e. The van der Waals surface area contributed by atoms with Crippen molar-refractivity contribution in [3.63, 3.8) is 0 Å². The molecule has 5 heteroatoms. The van der Waals surface area contributed by atoms with E-state index in [1.807, 2.05) is 0 Å². The van der Waals surface area contributed by atoms with Crippen LogP contribution in [0.4, 0.5) is 4.79 Å². The molecule has 84 valence electrons. The number of hydrogen-bond acceptors (Lipinski definition) is 3. The van der Waals surface area contributed by atoms with E-state index in [9.17, 15) is 4.79 Å². The lowest BCUT2D eigenvalue weighted by Gasteiger charge is -2.73. The minimum atomic E-state index is -0.884. The maximum absolute atomic E-state index is 10.6. The Morgan fingerprint density at radius 1 is 1.27 bits per heavy atom. The molecule has 1 heterocycles. The number of amides is 1. The maximum atomic E-state index is 10.6. The Labute approximate surface area is 88.4 Å². The minimum absolute atomic E-state index is 0.0792. The SMILES string of the molecule is O=C(O)NC12CC(N3CCOCC3)(C1)C2. The average molecular weight is 212 g/mol. The fourth-order valence-electron chi connectivity index (χ4n) is 3.47. The van der Waals surface area contributed by atoms with Gasteiger partial charge in [0, 0.05) is 24.2 Å². The molecule has 3 aliphatic carbocycles. The zero-order chi connectivity index (χ0) is 10.5. The summed E-state index contributed by atoms with van der Waals surface area (Å²) in [6.45, 7) is 3.65. The molecule has 0 aromatic heterocycles. The van der Waals surface area contributed by atoms with Gasteiger partial charge in [0.2, 0.25) is 0 Å². The molecule has 0 atom stereocenters. The van der Waals surface area contributed by atoms with Crippen LogP contribution in [0.1, 0.15) is 19.3 Å². The van der Waals surface area contributed by atoms with Crippen molar-refractivity contribution in [2.75, 3.05) is 26.3 Å². The smallest absolute Gasteiger partial charge is 0.405 e. The monoisotopic (exact) mass is 212 g/mol. The van der Waals surface area contributed by atoms with Gasteiger partial charge in [-0.25, -0.2) is 4.79 Å². The van der Waals surface area contributed by atoms with Gasteiger partial charge in [-0.3, -0.25) is 4.90 Å². The Balaban J connectivity index is 1.58.